The number of amidine groups is 1. The van der Waals surface area contributed by atoms with E-state index < -0.39 is 32.6 Å². The van der Waals surface area contributed by atoms with Gasteiger partial charge in [-0.25, -0.2) is 9.59 Å². The van der Waals surface area contributed by atoms with Crippen molar-refractivity contribution in [2.45, 2.75) is 84.7 Å². The molecule has 2 saturated heterocycles. The van der Waals surface area contributed by atoms with Crippen molar-refractivity contribution in [2.24, 2.45) is 16.3 Å². The van der Waals surface area contributed by atoms with Gasteiger partial charge in [0.2, 0.25) is 5.91 Å². The molecule has 3 aliphatic heterocycles. The van der Waals surface area contributed by atoms with Gasteiger partial charge in [0.15, 0.2) is 9.04 Å². The second-order valence-corrected chi connectivity index (χ2v) is 13.9. The minimum Gasteiger partial charge on any atom is -0.477 e. The topological polar surface area (TPSA) is 109 Å². The number of aliphatic imine (C=N–C) groups is 1. The van der Waals surface area contributed by atoms with Crippen LogP contribution in [-0.2, 0) is 18.8 Å². The number of amides is 2. The number of aliphatic carboxylic acids is 1. The lowest BCUT2D eigenvalue weighted by atomic mass is 9.63. The van der Waals surface area contributed by atoms with Gasteiger partial charge in [-0.15, -0.1) is 0 Å². The fourth-order valence-corrected chi connectivity index (χ4v) is 7.17. The highest BCUT2D eigenvalue weighted by atomic mass is 28.3. The van der Waals surface area contributed by atoms with E-state index in [-0.39, 0.29) is 35.7 Å². The van der Waals surface area contributed by atoms with E-state index in [0.29, 0.717) is 24.3 Å². The molecule has 2 amide bonds. The van der Waals surface area contributed by atoms with Crippen LogP contribution in [0.15, 0.2) is 40.6 Å². The molecule has 1 N–H and O–H groups in total. The number of nitrogens with zero attached hydrogens (tertiary/aromatic N) is 3. The molecule has 204 valence electrons. The molecule has 0 bridgehead atoms. The van der Waals surface area contributed by atoms with Crippen LogP contribution in [0.1, 0.15) is 53.9 Å². The first-order valence-corrected chi connectivity index (χ1v) is 15.7. The fourth-order valence-electron chi connectivity index (χ4n) is 5.70. The maximum absolute atomic E-state index is 13.5. The quantitative estimate of drug-likeness (QED) is 0.285. The molecule has 0 aromatic heterocycles. The number of carboxylic acids is 1. The Morgan fingerprint density at radius 3 is 2.46 bits per heavy atom. The van der Waals surface area contributed by atoms with Gasteiger partial charge in [-0.1, -0.05) is 39.5 Å². The third kappa shape index (κ3) is 5.31. The van der Waals surface area contributed by atoms with E-state index in [2.05, 4.69) is 45.4 Å². The van der Waals surface area contributed by atoms with Crippen LogP contribution in [0.25, 0.3) is 0 Å². The maximum atomic E-state index is 13.5. The Balaban J connectivity index is 1.87. The standard InChI is InChI=1S/C27H41N3O6Si/c1-10-13-35-25(34)28-20-12-11-17(29(20)7)14-16(2)18-15-19-21(23(31)30(19)22(18)24(32)33)27(6,26(3,4)5)36-37(8)9/h10,14,17,19,21,37H,1,11-13,15H2,2-9H3,(H,32,33)/b16-14+,28-20?/t17-,19+,21+,27+/m0/s1. The third-order valence-corrected chi connectivity index (χ3v) is 8.92. The number of carboxylic acid groups (broad SMARTS) is 1. The van der Waals surface area contributed by atoms with E-state index in [1.54, 1.807) is 0 Å². The van der Waals surface area contributed by atoms with Gasteiger partial charge in [0.1, 0.15) is 18.1 Å². The van der Waals surface area contributed by atoms with Crippen molar-refractivity contribution in [1.82, 2.24) is 9.80 Å². The number of allylic oxidation sites excluding steroid dienone is 1. The molecule has 4 atom stereocenters. The SMILES string of the molecule is C=CCOC(=O)N=C1CC[C@@H](/C=C(\C)C2=C(C(=O)O)N3C(=O)[C@H]([C@@](C)(O[SiH](C)C)C(C)(C)C)[C@H]3C2)N1C. The Morgan fingerprint density at radius 1 is 1.27 bits per heavy atom. The van der Waals surface area contributed by atoms with E-state index >= 15 is 0 Å². The van der Waals surface area contributed by atoms with Crippen molar-refractivity contribution in [1.29, 1.82) is 0 Å². The van der Waals surface area contributed by atoms with Crippen molar-refractivity contribution < 1.29 is 28.7 Å². The van der Waals surface area contributed by atoms with Gasteiger partial charge in [0, 0.05) is 19.5 Å². The number of β-lactam (4-membered cyclic amide) rings is 1. The molecule has 0 saturated carbocycles. The zero-order valence-corrected chi connectivity index (χ0v) is 24.5. The first-order valence-electron chi connectivity index (χ1n) is 12.9. The fraction of sp³-hybridized carbons (Fsp3) is 0.630. The molecular weight excluding hydrogens is 490 g/mol. The molecule has 3 heterocycles. The van der Waals surface area contributed by atoms with Crippen LogP contribution in [0.3, 0.4) is 0 Å². The largest absolute Gasteiger partial charge is 0.477 e. The van der Waals surface area contributed by atoms with E-state index in [4.69, 9.17) is 9.16 Å². The van der Waals surface area contributed by atoms with Crippen LogP contribution in [0.4, 0.5) is 4.79 Å². The normalized spacial score (nSPS) is 26.9. The number of carbonyl (C=O) groups is 3. The predicted molar refractivity (Wildman–Crippen MR) is 145 cm³/mol. The zero-order chi connectivity index (χ0) is 27.9. The molecule has 0 spiro atoms. The maximum Gasteiger partial charge on any atom is 0.435 e. The summed E-state index contributed by atoms with van der Waals surface area (Å²) in [4.78, 5) is 45.2. The summed E-state index contributed by atoms with van der Waals surface area (Å²) in [6.07, 6.45) is 4.66. The van der Waals surface area contributed by atoms with Crippen LogP contribution >= 0.6 is 0 Å². The molecule has 37 heavy (non-hydrogen) atoms. The number of likely N-dealkylation sites (N-methyl/N-ethyl adjacent to an activating group) is 1. The molecular formula is C27H41N3O6Si. The van der Waals surface area contributed by atoms with Crippen molar-refractivity contribution >= 4 is 32.8 Å². The highest BCUT2D eigenvalue weighted by Crippen LogP contribution is 2.53. The molecule has 0 radical (unpaired) electrons. The average molecular weight is 532 g/mol. The average Bonchev–Trinajstić information content (AvgIpc) is 3.29. The van der Waals surface area contributed by atoms with Gasteiger partial charge in [0.25, 0.3) is 0 Å². The zero-order valence-electron chi connectivity index (χ0n) is 23.3. The van der Waals surface area contributed by atoms with Gasteiger partial charge in [-0.2, -0.15) is 4.99 Å². The van der Waals surface area contributed by atoms with Crippen molar-refractivity contribution in [2.75, 3.05) is 13.7 Å². The van der Waals surface area contributed by atoms with Crippen LogP contribution in [-0.4, -0.2) is 79.1 Å². The summed E-state index contributed by atoms with van der Waals surface area (Å²) < 4.78 is 11.5. The van der Waals surface area contributed by atoms with Crippen molar-refractivity contribution in [3.05, 3.63) is 35.6 Å². The number of rotatable bonds is 8. The van der Waals surface area contributed by atoms with Crippen LogP contribution in [0, 0.1) is 11.3 Å². The van der Waals surface area contributed by atoms with E-state index in [1.807, 2.05) is 31.9 Å². The Labute approximate surface area is 221 Å². The lowest BCUT2D eigenvalue weighted by Gasteiger charge is -2.57. The van der Waals surface area contributed by atoms with Gasteiger partial charge >= 0.3 is 12.1 Å². The Hall–Kier alpha value is -2.72. The highest BCUT2D eigenvalue weighted by Gasteiger charge is 2.64. The summed E-state index contributed by atoms with van der Waals surface area (Å²) >= 11 is 0. The number of ether oxygens (including phenoxy) is 1. The van der Waals surface area contributed by atoms with Crippen LogP contribution in [0.2, 0.25) is 13.1 Å². The predicted octanol–water partition coefficient (Wildman–Crippen LogP) is 4.12. The minimum atomic E-state index is -1.49. The molecule has 3 rings (SSSR count). The molecule has 0 aromatic carbocycles. The molecule has 0 aliphatic carbocycles. The van der Waals surface area contributed by atoms with Crippen LogP contribution in [0.5, 0.6) is 0 Å². The number of hydrogen-bond donors (Lipinski definition) is 1. The van der Waals surface area contributed by atoms with Crippen molar-refractivity contribution in [3.8, 4) is 0 Å². The van der Waals surface area contributed by atoms with E-state index in [1.165, 1.54) is 11.0 Å². The Morgan fingerprint density at radius 2 is 1.92 bits per heavy atom. The van der Waals surface area contributed by atoms with Gasteiger partial charge in [0.05, 0.1) is 17.6 Å². The van der Waals surface area contributed by atoms with Crippen molar-refractivity contribution in [3.63, 3.8) is 0 Å². The number of fused-ring (bicyclic) bond motifs is 1. The molecule has 9 nitrogen and oxygen atoms in total. The van der Waals surface area contributed by atoms with Gasteiger partial charge in [-0.3, -0.25) is 4.79 Å². The summed E-state index contributed by atoms with van der Waals surface area (Å²) in [5.41, 5.74) is 0.570. The molecule has 3 aliphatic rings. The first-order chi connectivity index (χ1) is 17.1. The summed E-state index contributed by atoms with van der Waals surface area (Å²) in [6, 6.07) is -0.296. The van der Waals surface area contributed by atoms with E-state index in [9.17, 15) is 19.5 Å². The smallest absolute Gasteiger partial charge is 0.435 e. The molecule has 0 unspecified atom stereocenters. The Bertz CT molecular complexity index is 1070. The highest BCUT2D eigenvalue weighted by molar-refractivity contribution is 6.48. The summed E-state index contributed by atoms with van der Waals surface area (Å²) in [7, 11) is 0.372. The second kappa shape index (κ2) is 10.6. The summed E-state index contributed by atoms with van der Waals surface area (Å²) in [5.74, 6) is -1.06. The van der Waals surface area contributed by atoms with E-state index in [0.717, 1.165) is 12.0 Å². The lowest BCUT2D eigenvalue weighted by Crippen LogP contribution is -2.70. The van der Waals surface area contributed by atoms with Crippen LogP contribution < -0.4 is 0 Å². The number of hydrogen-bond acceptors (Lipinski definition) is 5. The summed E-state index contributed by atoms with van der Waals surface area (Å²) in [6.45, 7) is 17.9. The number of likely N-dealkylation sites (tertiary alicyclic amines) is 1. The molecule has 0 aromatic rings. The molecule has 10 heteroatoms. The van der Waals surface area contributed by atoms with Gasteiger partial charge < -0.3 is 24.1 Å². The molecule has 2 fully saturated rings. The monoisotopic (exact) mass is 531 g/mol. The third-order valence-electron chi connectivity index (χ3n) is 7.96. The van der Waals surface area contributed by atoms with Gasteiger partial charge in [-0.05, 0) is 56.3 Å². The second-order valence-electron chi connectivity index (χ2n) is 11.6. The summed E-state index contributed by atoms with van der Waals surface area (Å²) in [5, 5.41) is 10.1. The lowest BCUT2D eigenvalue weighted by molar-refractivity contribution is -0.180. The minimum absolute atomic E-state index is 0.0524. The number of carbonyl (C=O) groups excluding carboxylic acids is 2. The first kappa shape index (κ1) is 28.8. The Kier molecular flexibility index (Phi) is 8.24.